The van der Waals surface area contributed by atoms with E-state index in [0.29, 0.717) is 23.8 Å². The van der Waals surface area contributed by atoms with Gasteiger partial charge in [0, 0.05) is 7.05 Å². The largest absolute Gasteiger partial charge is 0.486 e. The number of furan rings is 1. The first kappa shape index (κ1) is 21.1. The van der Waals surface area contributed by atoms with Crippen molar-refractivity contribution in [1.29, 1.82) is 0 Å². The maximum absolute atomic E-state index is 12.5. The van der Waals surface area contributed by atoms with Gasteiger partial charge in [0.1, 0.15) is 24.1 Å². The molecule has 3 aromatic heterocycles. The van der Waals surface area contributed by atoms with Crippen molar-refractivity contribution in [2.24, 2.45) is 5.92 Å². The van der Waals surface area contributed by atoms with Crippen LogP contribution in [0, 0.1) is 12.8 Å². The Labute approximate surface area is 174 Å². The van der Waals surface area contributed by atoms with E-state index in [1.807, 2.05) is 20.8 Å². The molecule has 0 spiro atoms. The van der Waals surface area contributed by atoms with E-state index in [9.17, 15) is 9.59 Å². The molecule has 0 unspecified atom stereocenters. The standard InChI is InChI=1S/C21H25N5O4/c1-12(2)19(21(28)22-4)26-20(27)18-8-7-17(30-18)15-6-5-14(9-23-15)29-10-16-13(3)24-11-25-16/h5-9,11-12,19H,10H2,1-4H3,(H,22,28)(H,24,25)(H,26,27)/t19-/m0/s1. The lowest BCUT2D eigenvalue weighted by Gasteiger charge is -2.19. The Balaban J connectivity index is 1.64. The SMILES string of the molecule is CNC(=O)[C@@H](NC(=O)c1ccc(-c2ccc(OCc3[nH]cnc3C)cn2)o1)C(C)C. The third-order valence-electron chi connectivity index (χ3n) is 4.62. The summed E-state index contributed by atoms with van der Waals surface area (Å²) in [6.45, 7) is 5.98. The molecule has 0 bridgehead atoms. The molecule has 9 nitrogen and oxygen atoms in total. The van der Waals surface area contributed by atoms with E-state index in [1.165, 1.54) is 7.05 Å². The number of pyridine rings is 1. The van der Waals surface area contributed by atoms with Crippen molar-refractivity contribution in [2.45, 2.75) is 33.4 Å². The van der Waals surface area contributed by atoms with E-state index in [-0.39, 0.29) is 17.6 Å². The van der Waals surface area contributed by atoms with Crippen LogP contribution in [0.15, 0.2) is 41.2 Å². The zero-order valence-electron chi connectivity index (χ0n) is 17.4. The molecule has 30 heavy (non-hydrogen) atoms. The molecule has 3 N–H and O–H groups in total. The number of rotatable bonds is 8. The van der Waals surface area contributed by atoms with Gasteiger partial charge in [-0.1, -0.05) is 13.8 Å². The minimum Gasteiger partial charge on any atom is -0.486 e. The third-order valence-corrected chi connectivity index (χ3v) is 4.62. The van der Waals surface area contributed by atoms with Crippen molar-refractivity contribution < 1.29 is 18.7 Å². The summed E-state index contributed by atoms with van der Waals surface area (Å²) in [6, 6.07) is 6.09. The smallest absolute Gasteiger partial charge is 0.287 e. The number of aryl methyl sites for hydroxylation is 1. The number of ether oxygens (including phenoxy) is 1. The molecule has 0 aliphatic rings. The molecule has 2 amide bonds. The van der Waals surface area contributed by atoms with E-state index in [2.05, 4.69) is 25.6 Å². The first-order valence-electron chi connectivity index (χ1n) is 9.59. The molecule has 0 radical (unpaired) electrons. The average Bonchev–Trinajstić information content (AvgIpc) is 3.39. The maximum atomic E-state index is 12.5. The van der Waals surface area contributed by atoms with Crippen LogP contribution in [0.2, 0.25) is 0 Å². The summed E-state index contributed by atoms with van der Waals surface area (Å²) in [7, 11) is 1.53. The average molecular weight is 411 g/mol. The van der Waals surface area contributed by atoms with Gasteiger partial charge in [-0.05, 0) is 37.1 Å². The number of carbonyl (C=O) groups is 2. The summed E-state index contributed by atoms with van der Waals surface area (Å²) in [6.07, 6.45) is 3.21. The number of likely N-dealkylation sites (N-methyl/N-ethyl adjacent to an activating group) is 1. The van der Waals surface area contributed by atoms with E-state index in [1.54, 1.807) is 36.8 Å². The fraction of sp³-hybridized carbons (Fsp3) is 0.333. The summed E-state index contributed by atoms with van der Waals surface area (Å²) in [4.78, 5) is 35.9. The number of H-pyrrole nitrogens is 1. The number of nitrogens with zero attached hydrogens (tertiary/aromatic N) is 2. The van der Waals surface area contributed by atoms with Gasteiger partial charge in [-0.25, -0.2) is 9.97 Å². The maximum Gasteiger partial charge on any atom is 0.287 e. The highest BCUT2D eigenvalue weighted by Gasteiger charge is 2.25. The highest BCUT2D eigenvalue weighted by molar-refractivity contribution is 5.95. The lowest BCUT2D eigenvalue weighted by Crippen LogP contribution is -2.48. The quantitative estimate of drug-likeness (QED) is 0.523. The van der Waals surface area contributed by atoms with Crippen LogP contribution in [0.25, 0.3) is 11.5 Å². The summed E-state index contributed by atoms with van der Waals surface area (Å²) >= 11 is 0. The number of aromatic amines is 1. The number of aromatic nitrogens is 3. The van der Waals surface area contributed by atoms with Gasteiger partial charge in [-0.2, -0.15) is 0 Å². The van der Waals surface area contributed by atoms with Gasteiger partial charge in [-0.3, -0.25) is 9.59 Å². The normalized spacial score (nSPS) is 11.9. The number of nitrogens with one attached hydrogen (secondary N) is 3. The number of amides is 2. The Bertz CT molecular complexity index is 1010. The van der Waals surface area contributed by atoms with Crippen LogP contribution in [-0.2, 0) is 11.4 Å². The van der Waals surface area contributed by atoms with E-state index < -0.39 is 11.9 Å². The second kappa shape index (κ2) is 9.25. The van der Waals surface area contributed by atoms with Crippen molar-refractivity contribution in [2.75, 3.05) is 7.05 Å². The predicted octanol–water partition coefficient (Wildman–Crippen LogP) is 2.45. The Morgan fingerprint density at radius 3 is 2.60 bits per heavy atom. The first-order chi connectivity index (χ1) is 14.4. The molecule has 0 saturated heterocycles. The second-order valence-electron chi connectivity index (χ2n) is 7.11. The third kappa shape index (κ3) is 4.86. The van der Waals surface area contributed by atoms with Crippen molar-refractivity contribution in [3.63, 3.8) is 0 Å². The molecule has 0 fully saturated rings. The Morgan fingerprint density at radius 2 is 2.00 bits per heavy atom. The van der Waals surface area contributed by atoms with Crippen molar-refractivity contribution in [3.05, 3.63) is 53.9 Å². The van der Waals surface area contributed by atoms with Crippen LogP contribution in [0.1, 0.15) is 35.8 Å². The monoisotopic (exact) mass is 411 g/mol. The highest BCUT2D eigenvalue weighted by atomic mass is 16.5. The van der Waals surface area contributed by atoms with Gasteiger partial charge in [0.2, 0.25) is 5.91 Å². The number of carbonyl (C=O) groups excluding carboxylic acids is 2. The predicted molar refractivity (Wildman–Crippen MR) is 110 cm³/mol. The van der Waals surface area contributed by atoms with Crippen molar-refractivity contribution >= 4 is 11.8 Å². The molecule has 9 heteroatoms. The van der Waals surface area contributed by atoms with Crippen molar-refractivity contribution in [1.82, 2.24) is 25.6 Å². The topological polar surface area (TPSA) is 122 Å². The molecule has 1 atom stereocenters. The van der Waals surface area contributed by atoms with Gasteiger partial charge >= 0.3 is 0 Å². The number of hydrogen-bond acceptors (Lipinski definition) is 6. The van der Waals surface area contributed by atoms with Gasteiger partial charge < -0.3 is 24.8 Å². The minimum atomic E-state index is -0.649. The van der Waals surface area contributed by atoms with Crippen LogP contribution in [0.4, 0.5) is 0 Å². The van der Waals surface area contributed by atoms with Gasteiger partial charge in [0.15, 0.2) is 11.5 Å². The Kier molecular flexibility index (Phi) is 6.51. The molecular weight excluding hydrogens is 386 g/mol. The van der Waals surface area contributed by atoms with Crippen LogP contribution in [0.5, 0.6) is 5.75 Å². The first-order valence-corrected chi connectivity index (χ1v) is 9.59. The molecule has 0 saturated carbocycles. The van der Waals surface area contributed by atoms with Gasteiger partial charge in [0.05, 0.1) is 23.9 Å². The summed E-state index contributed by atoms with van der Waals surface area (Å²) in [5, 5.41) is 5.25. The Hall–Kier alpha value is -3.62. The van der Waals surface area contributed by atoms with E-state index in [0.717, 1.165) is 11.4 Å². The molecule has 3 aromatic rings. The molecular formula is C21H25N5O4. The van der Waals surface area contributed by atoms with Crippen LogP contribution < -0.4 is 15.4 Å². The lowest BCUT2D eigenvalue weighted by atomic mass is 10.0. The second-order valence-corrected chi connectivity index (χ2v) is 7.11. The molecule has 0 aliphatic heterocycles. The Morgan fingerprint density at radius 1 is 1.20 bits per heavy atom. The molecule has 0 aromatic carbocycles. The highest BCUT2D eigenvalue weighted by Crippen LogP contribution is 2.23. The molecule has 0 aliphatic carbocycles. The van der Waals surface area contributed by atoms with Crippen molar-refractivity contribution in [3.8, 4) is 17.2 Å². The number of imidazole rings is 1. The van der Waals surface area contributed by atoms with E-state index >= 15 is 0 Å². The molecule has 3 rings (SSSR count). The summed E-state index contributed by atoms with van der Waals surface area (Å²) in [5.41, 5.74) is 2.35. The lowest BCUT2D eigenvalue weighted by molar-refractivity contribution is -0.123. The number of hydrogen-bond donors (Lipinski definition) is 3. The fourth-order valence-electron chi connectivity index (χ4n) is 2.80. The van der Waals surface area contributed by atoms with Crippen LogP contribution in [0.3, 0.4) is 0 Å². The summed E-state index contributed by atoms with van der Waals surface area (Å²) < 4.78 is 11.3. The van der Waals surface area contributed by atoms with E-state index in [4.69, 9.17) is 9.15 Å². The fourth-order valence-corrected chi connectivity index (χ4v) is 2.80. The van der Waals surface area contributed by atoms with Gasteiger partial charge in [-0.15, -0.1) is 0 Å². The van der Waals surface area contributed by atoms with Crippen LogP contribution >= 0.6 is 0 Å². The zero-order chi connectivity index (χ0) is 21.7. The molecule has 3 heterocycles. The van der Waals surface area contributed by atoms with Gasteiger partial charge in [0.25, 0.3) is 5.91 Å². The molecule has 158 valence electrons. The van der Waals surface area contributed by atoms with Crippen LogP contribution in [-0.4, -0.2) is 39.9 Å². The minimum absolute atomic E-state index is 0.0666. The zero-order valence-corrected chi connectivity index (χ0v) is 17.4. The summed E-state index contributed by atoms with van der Waals surface area (Å²) in [5.74, 6) is 0.366.